The zero-order valence-electron chi connectivity index (χ0n) is 51.7. The summed E-state index contributed by atoms with van der Waals surface area (Å²) in [6, 6.07) is 0.638. The average Bonchev–Trinajstić information content (AvgIpc) is 3.22. The van der Waals surface area contributed by atoms with Crippen LogP contribution in [0.3, 0.4) is 0 Å². The quantitative estimate of drug-likeness (QED) is 0.0457. The summed E-state index contributed by atoms with van der Waals surface area (Å²) >= 11 is 0. The molecule has 0 aromatic heterocycles. The predicted molar refractivity (Wildman–Crippen MR) is 302 cm³/mol. The van der Waals surface area contributed by atoms with E-state index in [2.05, 4.69) is 116 Å². The summed E-state index contributed by atoms with van der Waals surface area (Å²) in [6.07, 6.45) is 12.3. The Morgan fingerprint density at radius 2 is 0.973 bits per heavy atom. The van der Waals surface area contributed by atoms with E-state index in [4.69, 9.17) is 22.8 Å². The van der Waals surface area contributed by atoms with Crippen LogP contribution in [0.25, 0.3) is 0 Å². The molecule has 0 unspecified atom stereocenters. The molecule has 3 heterocycles. The molecule has 0 saturated carbocycles. The summed E-state index contributed by atoms with van der Waals surface area (Å²) in [5, 5.41) is 6.65. The zero-order chi connectivity index (χ0) is 56.6. The smallest absolute Gasteiger partial charge is 1.00 e. The zero-order valence-corrected chi connectivity index (χ0v) is 57.6. The van der Waals surface area contributed by atoms with E-state index in [9.17, 15) is 32.4 Å². The van der Waals surface area contributed by atoms with Gasteiger partial charge in [-0.1, -0.05) is 62.3 Å². The molecule has 0 aliphatic carbocycles. The van der Waals surface area contributed by atoms with Crippen LogP contribution in [-0.2, 0) is 61.0 Å². The summed E-state index contributed by atoms with van der Waals surface area (Å²) in [5.41, 5.74) is 0. The number of ether oxygens (including phenoxy) is 2. The fourth-order valence-electron chi connectivity index (χ4n) is 6.83. The largest absolute Gasteiger partial charge is 1.00 e. The van der Waals surface area contributed by atoms with Gasteiger partial charge in [-0.05, 0) is 146 Å². The molecule has 3 fully saturated rings. The van der Waals surface area contributed by atoms with Gasteiger partial charge in [-0.3, -0.25) is 28.2 Å². The summed E-state index contributed by atoms with van der Waals surface area (Å²) in [4.78, 5) is 59.5. The number of nitrogens with zero attached hydrogens (tertiary/aromatic N) is 1. The fraction of sp³-hybridized carbons (Fsp3) is 0.906. The number of esters is 2. The van der Waals surface area contributed by atoms with E-state index < -0.39 is 35.1 Å². The van der Waals surface area contributed by atoms with E-state index in [1.165, 1.54) is 0 Å². The minimum Gasteiger partial charge on any atom is -1.00 e. The normalized spacial score (nSPS) is 19.1. The second-order valence-corrected chi connectivity index (χ2v) is 41.2. The third-order valence-electron chi connectivity index (χ3n) is 14.5. The molecule has 0 bridgehead atoms. The van der Waals surface area contributed by atoms with Crippen LogP contribution in [0.1, 0.15) is 188 Å². The van der Waals surface area contributed by atoms with Crippen molar-refractivity contribution in [2.45, 2.75) is 271 Å². The molecule has 0 aromatic carbocycles. The van der Waals surface area contributed by atoms with Gasteiger partial charge in [-0.15, -0.1) is 0 Å². The summed E-state index contributed by atoms with van der Waals surface area (Å²) < 4.78 is 54.3. The van der Waals surface area contributed by atoms with Crippen LogP contribution in [-0.4, -0.2) is 137 Å². The number of carbonyl (C=O) groups is 5. The van der Waals surface area contributed by atoms with Gasteiger partial charge in [0.15, 0.2) is 25.0 Å². The number of rotatable bonds is 22. The van der Waals surface area contributed by atoms with E-state index in [1.807, 2.05) is 18.7 Å². The van der Waals surface area contributed by atoms with Gasteiger partial charge in [0.1, 0.15) is 0 Å². The molecule has 3 saturated heterocycles. The van der Waals surface area contributed by atoms with Gasteiger partial charge in [0.25, 0.3) is 10.1 Å². The SMILES string of the molecule is CC(C)(C)[Si](C)(C)OC[C@H]1CCCC(=O)N1.CC(C)(C)[Si](C)(C)OC[C@H]1CCCC(=O)N1.CC(C)OC(=O)CCCCN1C(=O)CCC[C@@H]1CO[Si](C)(C)C(C)(C)C.CC(C)OC(=O)CCCCOS(C)(=O)=O.[H-].[K+]. The first-order chi connectivity index (χ1) is 33.2. The molecule has 432 valence electrons. The maximum absolute atomic E-state index is 12.4. The third-order valence-corrected chi connectivity index (χ3v) is 28.6. The van der Waals surface area contributed by atoms with Crippen molar-refractivity contribution in [1.82, 2.24) is 15.5 Å². The van der Waals surface area contributed by atoms with Crippen LogP contribution in [0.5, 0.6) is 0 Å². The van der Waals surface area contributed by atoms with Gasteiger partial charge < -0.3 is 39.7 Å². The molecule has 0 radical (unpaired) electrons. The Morgan fingerprint density at radius 3 is 1.32 bits per heavy atom. The van der Waals surface area contributed by atoms with Crippen molar-refractivity contribution in [1.29, 1.82) is 0 Å². The first-order valence-electron chi connectivity index (χ1n) is 27.2. The van der Waals surface area contributed by atoms with Crippen LogP contribution in [0.4, 0.5) is 0 Å². The fourth-order valence-corrected chi connectivity index (χ4v) is 10.4. The Bertz CT molecular complexity index is 1740. The molecule has 3 aliphatic heterocycles. The van der Waals surface area contributed by atoms with Gasteiger partial charge in [-0.25, -0.2) is 0 Å². The molecule has 74 heavy (non-hydrogen) atoms. The number of hydrogen-bond acceptors (Lipinski definition) is 13. The van der Waals surface area contributed by atoms with Crippen LogP contribution >= 0.6 is 0 Å². The topological polar surface area (TPSA) is 202 Å². The van der Waals surface area contributed by atoms with Crippen molar-refractivity contribution in [2.75, 3.05) is 39.2 Å². The molecule has 3 aliphatic rings. The number of unbranched alkanes of at least 4 members (excludes halogenated alkanes) is 2. The van der Waals surface area contributed by atoms with Gasteiger partial charge in [0, 0.05) is 38.6 Å². The first kappa shape index (κ1) is 75.5. The summed E-state index contributed by atoms with van der Waals surface area (Å²) in [6.45, 7) is 43.7. The summed E-state index contributed by atoms with van der Waals surface area (Å²) in [5.74, 6) is 0.169. The minimum absolute atomic E-state index is 0. The first-order valence-corrected chi connectivity index (χ1v) is 37.8. The standard InChI is InChI=1S/C20H39NO4Si.2C12H25NO2Si.C9H18O5S.K.H/c1-16(2)25-19(23)13-8-9-14-21-17(11-10-12-18(21)22)15-24-26(6,7)20(3,4)5;2*1-12(2,3)16(4,5)15-9-10-7-6-8-11(14)13-10;1-8(2)14-9(10)6-4-5-7-13-15(3,11)12;;/h16-17H,8-15H2,1-7H3;2*10H,6-9H2,1-5H3,(H,13,14);8H,4-7H2,1-3H3;;/q;;;;+1;-1/t17-;2*10-;;;/m111.../s1. The molecule has 3 rings (SSSR count). The number of amides is 3. The van der Waals surface area contributed by atoms with E-state index in [-0.39, 0.29) is 135 Å². The van der Waals surface area contributed by atoms with Crippen LogP contribution < -0.4 is 62.0 Å². The second kappa shape index (κ2) is 35.2. The number of likely N-dealkylation sites (tertiary alicyclic amines) is 1. The number of carbonyl (C=O) groups excluding carboxylic acids is 5. The Labute approximate surface area is 498 Å². The van der Waals surface area contributed by atoms with Gasteiger partial charge in [0.05, 0.1) is 63.0 Å². The molecule has 0 aromatic rings. The van der Waals surface area contributed by atoms with Gasteiger partial charge >= 0.3 is 63.3 Å². The molecule has 21 heteroatoms. The number of piperidine rings is 3. The van der Waals surface area contributed by atoms with Crippen LogP contribution in [0.15, 0.2) is 0 Å². The molecule has 0 spiro atoms. The third kappa shape index (κ3) is 33.8. The minimum atomic E-state index is -3.36. The predicted octanol–water partition coefficient (Wildman–Crippen LogP) is 8.07. The van der Waals surface area contributed by atoms with Crippen LogP contribution in [0, 0.1) is 0 Å². The van der Waals surface area contributed by atoms with Crippen molar-refractivity contribution >= 4 is 64.7 Å². The van der Waals surface area contributed by atoms with Gasteiger partial charge in [0.2, 0.25) is 17.7 Å². The van der Waals surface area contributed by atoms with Crippen LogP contribution in [0.2, 0.25) is 54.4 Å². The molecule has 3 amide bonds. The van der Waals surface area contributed by atoms with E-state index >= 15 is 0 Å². The molecule has 3 atom stereocenters. The van der Waals surface area contributed by atoms with Gasteiger partial charge in [-0.2, -0.15) is 8.42 Å². The number of hydrogen-bond donors (Lipinski definition) is 2. The molecular formula is C53H108KN3O13SSi3. The maximum atomic E-state index is 12.4. The molecule has 16 nitrogen and oxygen atoms in total. The van der Waals surface area contributed by atoms with E-state index in [1.54, 1.807) is 13.8 Å². The second-order valence-electron chi connectivity index (χ2n) is 25.2. The maximum Gasteiger partial charge on any atom is 1.00 e. The van der Waals surface area contributed by atoms with E-state index in [0.717, 1.165) is 57.6 Å². The Kier molecular flexibility index (Phi) is 35.9. The number of nitrogens with one attached hydrogen (secondary N) is 2. The summed E-state index contributed by atoms with van der Waals surface area (Å²) in [7, 11) is -8.49. The average molecular weight is 1150 g/mol. The Balaban J connectivity index is -0.000000941. The Hall–Kier alpha value is -0.573. The van der Waals surface area contributed by atoms with Crippen molar-refractivity contribution in [3.05, 3.63) is 0 Å². The van der Waals surface area contributed by atoms with Crippen molar-refractivity contribution in [3.8, 4) is 0 Å². The van der Waals surface area contributed by atoms with Crippen molar-refractivity contribution in [2.24, 2.45) is 0 Å². The van der Waals surface area contributed by atoms with E-state index in [0.29, 0.717) is 71.3 Å². The van der Waals surface area contributed by atoms with Crippen molar-refractivity contribution in [3.63, 3.8) is 0 Å². The molecular weight excluding hydrogens is 1040 g/mol. The molecule has 2 N–H and O–H groups in total. The van der Waals surface area contributed by atoms with Crippen molar-refractivity contribution < 1.29 is 112 Å². The Morgan fingerprint density at radius 1 is 0.608 bits per heavy atom. The monoisotopic (exact) mass is 1150 g/mol.